The smallest absolute Gasteiger partial charge is 0.255 e. The van der Waals surface area contributed by atoms with Crippen LogP contribution < -0.4 is 15.8 Å². The van der Waals surface area contributed by atoms with Gasteiger partial charge in [0.1, 0.15) is 5.75 Å². The first-order valence-electron chi connectivity index (χ1n) is 7.41. The number of rotatable bonds is 5. The first kappa shape index (κ1) is 15.9. The van der Waals surface area contributed by atoms with Gasteiger partial charge in [0.2, 0.25) is 0 Å². The lowest BCUT2D eigenvalue weighted by Crippen LogP contribution is -2.12. The van der Waals surface area contributed by atoms with Crippen LogP contribution in [0.25, 0.3) is 0 Å². The summed E-state index contributed by atoms with van der Waals surface area (Å²) in [6.07, 6.45) is 0.911. The zero-order valence-electron chi connectivity index (χ0n) is 13.3. The molecular formula is C18H22N2O2. The van der Waals surface area contributed by atoms with Gasteiger partial charge in [-0.05, 0) is 61.7 Å². The average Bonchev–Trinajstić information content (AvgIpc) is 2.44. The SMILES string of the molecule is CCCOc1ccc(C(=O)Nc2cc(C)cc(C)c2)cc1N. The van der Waals surface area contributed by atoms with E-state index < -0.39 is 0 Å². The van der Waals surface area contributed by atoms with Crippen LogP contribution in [-0.4, -0.2) is 12.5 Å². The minimum atomic E-state index is -0.182. The van der Waals surface area contributed by atoms with Crippen molar-refractivity contribution in [3.8, 4) is 5.75 Å². The second kappa shape index (κ2) is 6.98. The van der Waals surface area contributed by atoms with Crippen LogP contribution >= 0.6 is 0 Å². The number of anilines is 2. The predicted octanol–water partition coefficient (Wildman–Crippen LogP) is 3.93. The maximum atomic E-state index is 12.3. The van der Waals surface area contributed by atoms with Gasteiger partial charge in [-0.25, -0.2) is 0 Å². The van der Waals surface area contributed by atoms with Crippen LogP contribution in [0.4, 0.5) is 11.4 Å². The van der Waals surface area contributed by atoms with Crippen LogP contribution in [0.15, 0.2) is 36.4 Å². The van der Waals surface area contributed by atoms with Gasteiger partial charge in [0.25, 0.3) is 5.91 Å². The normalized spacial score (nSPS) is 10.3. The third kappa shape index (κ3) is 4.01. The molecule has 22 heavy (non-hydrogen) atoms. The van der Waals surface area contributed by atoms with Gasteiger partial charge < -0.3 is 15.8 Å². The molecule has 0 aromatic heterocycles. The quantitative estimate of drug-likeness (QED) is 0.822. The van der Waals surface area contributed by atoms with Gasteiger partial charge in [0, 0.05) is 11.3 Å². The Morgan fingerprint density at radius 3 is 2.41 bits per heavy atom. The molecule has 0 heterocycles. The monoisotopic (exact) mass is 298 g/mol. The summed E-state index contributed by atoms with van der Waals surface area (Å²) in [7, 11) is 0. The predicted molar refractivity (Wildman–Crippen MR) is 90.5 cm³/mol. The topological polar surface area (TPSA) is 64.3 Å². The number of hydrogen-bond donors (Lipinski definition) is 2. The molecule has 0 fully saturated rings. The van der Waals surface area contributed by atoms with Crippen molar-refractivity contribution < 1.29 is 9.53 Å². The first-order chi connectivity index (χ1) is 10.5. The minimum Gasteiger partial charge on any atom is -0.491 e. The van der Waals surface area contributed by atoms with Crippen molar-refractivity contribution in [2.75, 3.05) is 17.7 Å². The molecule has 4 heteroatoms. The van der Waals surface area contributed by atoms with Crippen molar-refractivity contribution in [2.45, 2.75) is 27.2 Å². The van der Waals surface area contributed by atoms with Crippen molar-refractivity contribution in [3.63, 3.8) is 0 Å². The molecule has 1 amide bonds. The van der Waals surface area contributed by atoms with E-state index in [2.05, 4.69) is 11.4 Å². The van der Waals surface area contributed by atoms with Crippen LogP contribution in [0.2, 0.25) is 0 Å². The highest BCUT2D eigenvalue weighted by molar-refractivity contribution is 6.05. The molecule has 0 saturated carbocycles. The summed E-state index contributed by atoms with van der Waals surface area (Å²) in [5.74, 6) is 0.434. The third-order valence-electron chi connectivity index (χ3n) is 3.21. The number of amides is 1. The van der Waals surface area contributed by atoms with Crippen molar-refractivity contribution in [1.29, 1.82) is 0 Å². The van der Waals surface area contributed by atoms with E-state index >= 15 is 0 Å². The summed E-state index contributed by atoms with van der Waals surface area (Å²) in [5, 5.41) is 2.89. The Labute approximate surface area is 131 Å². The largest absolute Gasteiger partial charge is 0.491 e. The molecule has 2 aromatic carbocycles. The van der Waals surface area contributed by atoms with Crippen molar-refractivity contribution in [3.05, 3.63) is 53.1 Å². The van der Waals surface area contributed by atoms with Gasteiger partial charge in [0.05, 0.1) is 12.3 Å². The maximum absolute atomic E-state index is 12.3. The van der Waals surface area contributed by atoms with E-state index in [4.69, 9.17) is 10.5 Å². The molecule has 0 saturated heterocycles. The van der Waals surface area contributed by atoms with Gasteiger partial charge in [-0.1, -0.05) is 13.0 Å². The number of hydrogen-bond acceptors (Lipinski definition) is 3. The Morgan fingerprint density at radius 1 is 1.14 bits per heavy atom. The third-order valence-corrected chi connectivity index (χ3v) is 3.21. The molecule has 0 radical (unpaired) electrons. The minimum absolute atomic E-state index is 0.182. The number of ether oxygens (including phenoxy) is 1. The van der Waals surface area contributed by atoms with E-state index in [1.54, 1.807) is 18.2 Å². The summed E-state index contributed by atoms with van der Waals surface area (Å²) in [4.78, 5) is 12.3. The number of nitrogen functional groups attached to an aromatic ring is 1. The van der Waals surface area contributed by atoms with Crippen LogP contribution in [0.5, 0.6) is 5.75 Å². The molecule has 0 aliphatic heterocycles. The second-order valence-corrected chi connectivity index (χ2v) is 5.43. The first-order valence-corrected chi connectivity index (χ1v) is 7.41. The van der Waals surface area contributed by atoms with E-state index in [0.29, 0.717) is 23.6 Å². The molecule has 3 N–H and O–H groups in total. The van der Waals surface area contributed by atoms with Crippen LogP contribution in [0, 0.1) is 13.8 Å². The molecular weight excluding hydrogens is 276 g/mol. The Morgan fingerprint density at radius 2 is 1.82 bits per heavy atom. The van der Waals surface area contributed by atoms with E-state index in [1.807, 2.05) is 32.9 Å². The molecule has 0 bridgehead atoms. The summed E-state index contributed by atoms with van der Waals surface area (Å²) < 4.78 is 5.51. The lowest BCUT2D eigenvalue weighted by atomic mass is 10.1. The fourth-order valence-corrected chi connectivity index (χ4v) is 2.28. The van der Waals surface area contributed by atoms with Crippen molar-refractivity contribution >= 4 is 17.3 Å². The standard InChI is InChI=1S/C18H22N2O2/c1-4-7-22-17-6-5-14(11-16(17)19)18(21)20-15-9-12(2)8-13(3)10-15/h5-6,8-11H,4,7,19H2,1-3H3,(H,20,21). The number of carbonyl (C=O) groups is 1. The van der Waals surface area contributed by atoms with Crippen molar-refractivity contribution in [1.82, 2.24) is 0 Å². The summed E-state index contributed by atoms with van der Waals surface area (Å²) in [6.45, 7) is 6.64. The Hall–Kier alpha value is -2.49. The number of nitrogens with one attached hydrogen (secondary N) is 1. The van der Waals surface area contributed by atoms with Gasteiger partial charge in [-0.3, -0.25) is 4.79 Å². The summed E-state index contributed by atoms with van der Waals surface area (Å²) in [6, 6.07) is 11.0. The van der Waals surface area contributed by atoms with E-state index in [-0.39, 0.29) is 5.91 Å². The highest BCUT2D eigenvalue weighted by Gasteiger charge is 2.09. The number of nitrogens with two attached hydrogens (primary N) is 1. The Balaban J connectivity index is 2.14. The second-order valence-electron chi connectivity index (χ2n) is 5.43. The number of carbonyl (C=O) groups excluding carboxylic acids is 1. The van der Waals surface area contributed by atoms with Crippen LogP contribution in [-0.2, 0) is 0 Å². The van der Waals surface area contributed by atoms with E-state index in [1.165, 1.54) is 0 Å². The zero-order valence-corrected chi connectivity index (χ0v) is 13.3. The lowest BCUT2D eigenvalue weighted by Gasteiger charge is -2.11. The molecule has 0 spiro atoms. The van der Waals surface area contributed by atoms with Crippen LogP contribution in [0.1, 0.15) is 34.8 Å². The maximum Gasteiger partial charge on any atom is 0.255 e. The molecule has 2 rings (SSSR count). The highest BCUT2D eigenvalue weighted by atomic mass is 16.5. The van der Waals surface area contributed by atoms with E-state index in [0.717, 1.165) is 23.2 Å². The number of aryl methyl sites for hydroxylation is 2. The molecule has 4 nitrogen and oxygen atoms in total. The molecule has 0 unspecified atom stereocenters. The van der Waals surface area contributed by atoms with Gasteiger partial charge in [-0.2, -0.15) is 0 Å². The summed E-state index contributed by atoms with van der Waals surface area (Å²) >= 11 is 0. The van der Waals surface area contributed by atoms with Gasteiger partial charge in [-0.15, -0.1) is 0 Å². The molecule has 2 aromatic rings. The van der Waals surface area contributed by atoms with Crippen LogP contribution in [0.3, 0.4) is 0 Å². The highest BCUT2D eigenvalue weighted by Crippen LogP contribution is 2.23. The number of benzene rings is 2. The van der Waals surface area contributed by atoms with Crippen molar-refractivity contribution in [2.24, 2.45) is 0 Å². The fraction of sp³-hybridized carbons (Fsp3) is 0.278. The fourth-order valence-electron chi connectivity index (χ4n) is 2.28. The molecule has 0 aliphatic rings. The lowest BCUT2D eigenvalue weighted by molar-refractivity contribution is 0.102. The van der Waals surface area contributed by atoms with Gasteiger partial charge in [0.15, 0.2) is 0 Å². The average molecular weight is 298 g/mol. The zero-order chi connectivity index (χ0) is 16.1. The van der Waals surface area contributed by atoms with Gasteiger partial charge >= 0.3 is 0 Å². The molecule has 0 atom stereocenters. The van der Waals surface area contributed by atoms with E-state index in [9.17, 15) is 4.79 Å². The Bertz CT molecular complexity index is 661. The summed E-state index contributed by atoms with van der Waals surface area (Å²) in [5.41, 5.74) is 9.93. The molecule has 0 aliphatic carbocycles. The molecule has 116 valence electrons. The Kier molecular flexibility index (Phi) is 5.04.